The fraction of sp³-hybridized carbons (Fsp3) is 0.500. The third-order valence-electron chi connectivity index (χ3n) is 6.39. The van der Waals surface area contributed by atoms with E-state index in [1.54, 1.807) is 6.08 Å². The second kappa shape index (κ2) is 5.37. The molecule has 0 amide bonds. The van der Waals surface area contributed by atoms with Crippen molar-refractivity contribution in [1.82, 2.24) is 0 Å². The summed E-state index contributed by atoms with van der Waals surface area (Å²) in [6, 6.07) is 0. The van der Waals surface area contributed by atoms with Gasteiger partial charge in [0, 0.05) is 17.1 Å². The molecule has 0 bridgehead atoms. The molecule has 4 atom stereocenters. The van der Waals surface area contributed by atoms with Crippen molar-refractivity contribution in [3.8, 4) is 12.3 Å². The summed E-state index contributed by atoms with van der Waals surface area (Å²) in [5, 5.41) is 18.8. The summed E-state index contributed by atoms with van der Waals surface area (Å²) in [4.78, 5) is 24.8. The molecule has 0 aromatic rings. The fourth-order valence-electron chi connectivity index (χ4n) is 5.13. The number of rotatable bonds is 0. The van der Waals surface area contributed by atoms with E-state index in [-0.39, 0.29) is 23.4 Å². The van der Waals surface area contributed by atoms with Crippen molar-refractivity contribution in [3.05, 3.63) is 35.3 Å². The summed E-state index contributed by atoms with van der Waals surface area (Å²) in [5.74, 6) is 2.51. The van der Waals surface area contributed by atoms with Crippen LogP contribution < -0.4 is 0 Å². The quantitative estimate of drug-likeness (QED) is 0.406. The summed E-state index contributed by atoms with van der Waals surface area (Å²) in [7, 11) is 0. The number of ketones is 2. The lowest BCUT2D eigenvalue weighted by Crippen LogP contribution is -2.51. The van der Waals surface area contributed by atoms with E-state index in [9.17, 15) is 19.8 Å². The molecule has 126 valence electrons. The number of hydrogen-bond donors (Lipinski definition) is 2. The van der Waals surface area contributed by atoms with Crippen LogP contribution in [0, 0.1) is 35.0 Å². The predicted molar refractivity (Wildman–Crippen MR) is 90.0 cm³/mol. The molecule has 3 aliphatic rings. The van der Waals surface area contributed by atoms with Crippen molar-refractivity contribution < 1.29 is 19.8 Å². The van der Waals surface area contributed by atoms with E-state index in [0.717, 1.165) is 24.5 Å². The van der Waals surface area contributed by atoms with Gasteiger partial charge in [-0.1, -0.05) is 19.8 Å². The SMILES string of the molecule is C#CC12CCC3C(C)C(=O)/C(=C\O)CC3(C)C1=CC(=O)/C(=C\O)C2. The molecule has 0 radical (unpaired) electrons. The molecule has 0 aliphatic heterocycles. The highest BCUT2D eigenvalue weighted by Gasteiger charge is 2.58. The molecule has 0 heterocycles. The van der Waals surface area contributed by atoms with Gasteiger partial charge >= 0.3 is 0 Å². The second-order valence-electron chi connectivity index (χ2n) is 7.53. The maximum absolute atomic E-state index is 12.4. The maximum atomic E-state index is 12.4. The van der Waals surface area contributed by atoms with Crippen LogP contribution in [0.1, 0.15) is 39.5 Å². The Morgan fingerprint density at radius 1 is 1.25 bits per heavy atom. The molecule has 3 rings (SSSR count). The Kier molecular flexibility index (Phi) is 3.71. The molecule has 3 aliphatic carbocycles. The van der Waals surface area contributed by atoms with Crippen LogP contribution in [-0.2, 0) is 9.59 Å². The second-order valence-corrected chi connectivity index (χ2v) is 7.53. The molecule has 24 heavy (non-hydrogen) atoms. The highest BCUT2D eigenvalue weighted by molar-refractivity contribution is 6.06. The first-order valence-electron chi connectivity index (χ1n) is 8.28. The minimum Gasteiger partial charge on any atom is -0.515 e. The van der Waals surface area contributed by atoms with Gasteiger partial charge in [-0.3, -0.25) is 9.59 Å². The molecule has 4 heteroatoms. The van der Waals surface area contributed by atoms with E-state index in [1.807, 2.05) is 13.8 Å². The Balaban J connectivity index is 2.19. The van der Waals surface area contributed by atoms with Crippen molar-refractivity contribution in [2.75, 3.05) is 0 Å². The van der Waals surface area contributed by atoms with E-state index in [4.69, 9.17) is 6.42 Å². The molecule has 0 saturated heterocycles. The van der Waals surface area contributed by atoms with E-state index in [0.29, 0.717) is 30.4 Å². The molecule has 2 N–H and O–H groups in total. The molecule has 2 saturated carbocycles. The highest BCUT2D eigenvalue weighted by atomic mass is 16.2. The first-order valence-corrected chi connectivity index (χ1v) is 8.28. The van der Waals surface area contributed by atoms with E-state index >= 15 is 0 Å². The number of allylic oxidation sites excluding steroid dienone is 4. The van der Waals surface area contributed by atoms with Gasteiger partial charge in [-0.15, -0.1) is 6.42 Å². The van der Waals surface area contributed by atoms with Crippen LogP contribution in [0.15, 0.2) is 35.3 Å². The lowest BCUT2D eigenvalue weighted by Gasteiger charge is -2.56. The van der Waals surface area contributed by atoms with Crippen molar-refractivity contribution in [2.45, 2.75) is 39.5 Å². The normalized spacial score (nSPS) is 42.3. The van der Waals surface area contributed by atoms with Gasteiger partial charge < -0.3 is 10.2 Å². The zero-order valence-electron chi connectivity index (χ0n) is 14.0. The number of aliphatic hydroxyl groups is 2. The summed E-state index contributed by atoms with van der Waals surface area (Å²) in [6.07, 6.45) is 11.4. The number of carbonyl (C=O) groups excluding carboxylic acids is 2. The Hall–Kier alpha value is -2.28. The van der Waals surface area contributed by atoms with E-state index < -0.39 is 10.8 Å². The van der Waals surface area contributed by atoms with Gasteiger partial charge in [-0.2, -0.15) is 0 Å². The summed E-state index contributed by atoms with van der Waals surface area (Å²) >= 11 is 0. The largest absolute Gasteiger partial charge is 0.515 e. The van der Waals surface area contributed by atoms with E-state index in [2.05, 4.69) is 5.92 Å². The third-order valence-corrected chi connectivity index (χ3v) is 6.39. The number of fused-ring (bicyclic) bond motifs is 3. The van der Waals surface area contributed by atoms with E-state index in [1.165, 1.54) is 0 Å². The number of Topliss-reactive ketones (excluding diaryl/α,β-unsaturated/α-hetero) is 1. The van der Waals surface area contributed by atoms with Gasteiger partial charge in [0.15, 0.2) is 11.6 Å². The maximum Gasteiger partial charge on any atom is 0.184 e. The molecular weight excluding hydrogens is 304 g/mol. The molecular formula is C20H22O4. The summed E-state index contributed by atoms with van der Waals surface area (Å²) in [6.45, 7) is 3.93. The minimum absolute atomic E-state index is 0.0214. The lowest BCUT2D eigenvalue weighted by molar-refractivity contribution is -0.126. The first kappa shape index (κ1) is 16.6. The molecule has 0 spiro atoms. The van der Waals surface area contributed by atoms with Crippen molar-refractivity contribution >= 4 is 11.6 Å². The number of hydrogen-bond acceptors (Lipinski definition) is 4. The van der Waals surface area contributed by atoms with Crippen molar-refractivity contribution in [2.24, 2.45) is 22.7 Å². The number of aliphatic hydroxyl groups excluding tert-OH is 2. The smallest absolute Gasteiger partial charge is 0.184 e. The van der Waals surface area contributed by atoms with Crippen LogP contribution in [0.4, 0.5) is 0 Å². The summed E-state index contributed by atoms with van der Waals surface area (Å²) < 4.78 is 0. The molecule has 4 unspecified atom stereocenters. The average molecular weight is 326 g/mol. The molecule has 0 aromatic carbocycles. The monoisotopic (exact) mass is 326 g/mol. The highest BCUT2D eigenvalue weighted by Crippen LogP contribution is 2.63. The molecule has 4 nitrogen and oxygen atoms in total. The Bertz CT molecular complexity index is 748. The van der Waals surface area contributed by atoms with Gasteiger partial charge in [0.2, 0.25) is 0 Å². The van der Waals surface area contributed by atoms with Gasteiger partial charge in [0.25, 0.3) is 0 Å². The topological polar surface area (TPSA) is 74.6 Å². The average Bonchev–Trinajstić information content (AvgIpc) is 2.58. The fourth-order valence-corrected chi connectivity index (χ4v) is 5.13. The minimum atomic E-state index is -0.603. The van der Waals surface area contributed by atoms with Crippen LogP contribution in [0.3, 0.4) is 0 Å². The Labute approximate surface area is 141 Å². The Morgan fingerprint density at radius 3 is 2.50 bits per heavy atom. The van der Waals surface area contributed by atoms with Gasteiger partial charge in [0.1, 0.15) is 0 Å². The number of carbonyl (C=O) groups is 2. The lowest BCUT2D eigenvalue weighted by atomic mass is 9.46. The van der Waals surface area contributed by atoms with Gasteiger partial charge in [-0.05, 0) is 48.7 Å². The standard InChI is InChI=1S/C20H22O4/c1-4-20-6-5-15-12(2)18(24)14(11-22)8-19(15,3)17(20)7-16(23)13(9-20)10-21/h1,7,10-12,15,21-22H,5-6,8-9H2,2-3H3/b13-10-,14-11-. The summed E-state index contributed by atoms with van der Waals surface area (Å²) in [5.41, 5.74) is 0.558. The van der Waals surface area contributed by atoms with Crippen LogP contribution in [0.25, 0.3) is 0 Å². The predicted octanol–water partition coefficient (Wildman–Crippen LogP) is 3.41. The third kappa shape index (κ3) is 2.00. The van der Waals surface area contributed by atoms with Gasteiger partial charge in [-0.25, -0.2) is 0 Å². The molecule has 0 aromatic heterocycles. The molecule has 2 fully saturated rings. The first-order chi connectivity index (χ1) is 11.3. The van der Waals surface area contributed by atoms with Gasteiger partial charge in [0.05, 0.1) is 17.9 Å². The zero-order valence-corrected chi connectivity index (χ0v) is 14.0. The van der Waals surface area contributed by atoms with Crippen LogP contribution >= 0.6 is 0 Å². The van der Waals surface area contributed by atoms with Crippen molar-refractivity contribution in [1.29, 1.82) is 0 Å². The van der Waals surface area contributed by atoms with Crippen LogP contribution in [-0.4, -0.2) is 21.8 Å². The van der Waals surface area contributed by atoms with Crippen molar-refractivity contribution in [3.63, 3.8) is 0 Å². The van der Waals surface area contributed by atoms with Crippen LogP contribution in [0.5, 0.6) is 0 Å². The Morgan fingerprint density at radius 2 is 1.92 bits per heavy atom. The zero-order chi connectivity index (χ0) is 17.7. The number of terminal acetylenes is 1. The van der Waals surface area contributed by atoms with Crippen LogP contribution in [0.2, 0.25) is 0 Å².